The molecular weight excluding hydrogens is 250 g/mol. The van der Waals surface area contributed by atoms with E-state index in [1.807, 2.05) is 18.2 Å². The minimum atomic E-state index is -0.491. The highest BCUT2D eigenvalue weighted by Crippen LogP contribution is 2.34. The molecule has 1 heterocycles. The molecule has 4 heteroatoms. The Hall–Kier alpha value is -0.770. The van der Waals surface area contributed by atoms with Crippen LogP contribution in [0.15, 0.2) is 18.2 Å². The van der Waals surface area contributed by atoms with Crippen molar-refractivity contribution in [2.75, 3.05) is 24.7 Å². The highest BCUT2D eigenvalue weighted by molar-refractivity contribution is 6.33. The molecule has 0 aliphatic carbocycles. The van der Waals surface area contributed by atoms with E-state index in [2.05, 4.69) is 18.7 Å². The first kappa shape index (κ1) is 13.7. The monoisotopic (exact) mass is 269 g/mol. The van der Waals surface area contributed by atoms with Gasteiger partial charge in [-0.2, -0.15) is 0 Å². The maximum Gasteiger partial charge on any atom is 0.0762 e. The van der Waals surface area contributed by atoms with Gasteiger partial charge in [-0.15, -0.1) is 0 Å². The quantitative estimate of drug-likeness (QED) is 0.896. The van der Waals surface area contributed by atoms with Crippen molar-refractivity contribution < 1.29 is 9.84 Å². The van der Waals surface area contributed by atoms with E-state index < -0.39 is 6.10 Å². The minimum Gasteiger partial charge on any atom is -0.389 e. The Morgan fingerprint density at radius 2 is 2.17 bits per heavy atom. The molecule has 0 aromatic heterocycles. The van der Waals surface area contributed by atoms with E-state index >= 15 is 0 Å². The molecule has 3 nitrogen and oxygen atoms in total. The van der Waals surface area contributed by atoms with Crippen molar-refractivity contribution in [2.45, 2.75) is 32.4 Å². The lowest BCUT2D eigenvalue weighted by atomic mass is 10.0. The normalized spacial score (nSPS) is 20.8. The van der Waals surface area contributed by atoms with Gasteiger partial charge in [0.25, 0.3) is 0 Å². The Morgan fingerprint density at radius 3 is 2.72 bits per heavy atom. The van der Waals surface area contributed by atoms with Crippen molar-refractivity contribution >= 4 is 17.3 Å². The Labute approximate surface area is 113 Å². The number of halogens is 1. The van der Waals surface area contributed by atoms with Gasteiger partial charge < -0.3 is 14.7 Å². The molecule has 1 atom stereocenters. The number of hydrogen-bond acceptors (Lipinski definition) is 3. The molecule has 100 valence electrons. The number of rotatable bonds is 2. The van der Waals surface area contributed by atoms with Gasteiger partial charge in [0, 0.05) is 6.54 Å². The summed E-state index contributed by atoms with van der Waals surface area (Å²) in [4.78, 5) is 2.27. The number of hydrogen-bond donors (Lipinski definition) is 1. The number of ether oxygens (including phenoxy) is 1. The van der Waals surface area contributed by atoms with Gasteiger partial charge in [0.15, 0.2) is 0 Å². The van der Waals surface area contributed by atoms with E-state index in [0.717, 1.165) is 24.4 Å². The molecule has 0 bridgehead atoms. The SMILES string of the molecule is CC(O)c1ccc(N2CCOCC2(C)C)c(Cl)c1. The fourth-order valence-corrected chi connectivity index (χ4v) is 2.60. The summed E-state index contributed by atoms with van der Waals surface area (Å²) in [6.45, 7) is 8.28. The number of morpholine rings is 1. The number of anilines is 1. The maximum absolute atomic E-state index is 9.56. The zero-order valence-electron chi connectivity index (χ0n) is 11.1. The van der Waals surface area contributed by atoms with Gasteiger partial charge in [-0.05, 0) is 38.5 Å². The first-order valence-corrected chi connectivity index (χ1v) is 6.62. The lowest BCUT2D eigenvalue weighted by molar-refractivity contribution is 0.0644. The van der Waals surface area contributed by atoms with Crippen LogP contribution in [-0.2, 0) is 4.74 Å². The average Bonchev–Trinajstić information content (AvgIpc) is 2.29. The van der Waals surface area contributed by atoms with Crippen LogP contribution >= 0.6 is 11.6 Å². The molecule has 1 saturated heterocycles. The van der Waals surface area contributed by atoms with Crippen LogP contribution < -0.4 is 4.90 Å². The van der Waals surface area contributed by atoms with E-state index in [1.54, 1.807) is 6.92 Å². The van der Waals surface area contributed by atoms with Gasteiger partial charge >= 0.3 is 0 Å². The lowest BCUT2D eigenvalue weighted by Gasteiger charge is -2.44. The van der Waals surface area contributed by atoms with Crippen LogP contribution in [0.5, 0.6) is 0 Å². The summed E-state index contributed by atoms with van der Waals surface area (Å²) in [6, 6.07) is 5.75. The van der Waals surface area contributed by atoms with Crippen LogP contribution in [-0.4, -0.2) is 30.4 Å². The van der Waals surface area contributed by atoms with E-state index in [0.29, 0.717) is 11.6 Å². The zero-order chi connectivity index (χ0) is 13.3. The summed E-state index contributed by atoms with van der Waals surface area (Å²) in [5.74, 6) is 0. The molecule has 18 heavy (non-hydrogen) atoms. The van der Waals surface area contributed by atoms with Crippen molar-refractivity contribution in [3.8, 4) is 0 Å². The van der Waals surface area contributed by atoms with Crippen molar-refractivity contribution in [3.05, 3.63) is 28.8 Å². The summed E-state index contributed by atoms with van der Waals surface area (Å²) in [5.41, 5.74) is 1.79. The molecule has 1 N–H and O–H groups in total. The molecule has 1 aliphatic rings. The predicted octanol–water partition coefficient (Wildman–Crippen LogP) is 3.01. The highest BCUT2D eigenvalue weighted by atomic mass is 35.5. The van der Waals surface area contributed by atoms with Crippen molar-refractivity contribution in [1.82, 2.24) is 0 Å². The smallest absolute Gasteiger partial charge is 0.0762 e. The van der Waals surface area contributed by atoms with Gasteiger partial charge in [-0.1, -0.05) is 17.7 Å². The third-order valence-electron chi connectivity index (χ3n) is 3.39. The summed E-state index contributed by atoms with van der Waals surface area (Å²) in [7, 11) is 0. The molecule has 0 spiro atoms. The first-order valence-electron chi connectivity index (χ1n) is 6.25. The topological polar surface area (TPSA) is 32.7 Å². The number of benzene rings is 1. The average molecular weight is 270 g/mol. The Bertz CT molecular complexity index is 432. The molecule has 0 radical (unpaired) electrons. The summed E-state index contributed by atoms with van der Waals surface area (Å²) in [5, 5.41) is 10.2. The first-order chi connectivity index (χ1) is 8.42. The van der Waals surface area contributed by atoms with Crippen LogP contribution in [0.25, 0.3) is 0 Å². The molecule has 1 aromatic carbocycles. The fourth-order valence-electron chi connectivity index (χ4n) is 2.31. The van der Waals surface area contributed by atoms with Gasteiger partial charge in [-0.25, -0.2) is 0 Å². The van der Waals surface area contributed by atoms with E-state index in [9.17, 15) is 5.11 Å². The molecule has 1 fully saturated rings. The Morgan fingerprint density at radius 1 is 1.44 bits per heavy atom. The molecule has 0 saturated carbocycles. The lowest BCUT2D eigenvalue weighted by Crippen LogP contribution is -2.53. The molecule has 1 unspecified atom stereocenters. The Kier molecular flexibility index (Phi) is 3.85. The van der Waals surface area contributed by atoms with Crippen molar-refractivity contribution in [2.24, 2.45) is 0 Å². The Balaban J connectivity index is 2.33. The second-order valence-corrected chi connectivity index (χ2v) is 5.81. The van der Waals surface area contributed by atoms with Gasteiger partial charge in [0.05, 0.1) is 35.6 Å². The second kappa shape index (κ2) is 5.08. The number of aliphatic hydroxyl groups is 1. The van der Waals surface area contributed by atoms with Crippen LogP contribution in [0.4, 0.5) is 5.69 Å². The molecule has 2 rings (SSSR count). The summed E-state index contributed by atoms with van der Waals surface area (Å²) >= 11 is 6.34. The fraction of sp³-hybridized carbons (Fsp3) is 0.571. The summed E-state index contributed by atoms with van der Waals surface area (Å²) in [6.07, 6.45) is -0.491. The molecule has 1 aliphatic heterocycles. The van der Waals surface area contributed by atoms with Crippen LogP contribution in [0.2, 0.25) is 5.02 Å². The molecular formula is C14H20ClNO2. The van der Waals surface area contributed by atoms with Crippen LogP contribution in [0.3, 0.4) is 0 Å². The van der Waals surface area contributed by atoms with E-state index in [-0.39, 0.29) is 5.54 Å². The number of nitrogens with zero attached hydrogens (tertiary/aromatic N) is 1. The largest absolute Gasteiger partial charge is 0.389 e. The van der Waals surface area contributed by atoms with E-state index in [4.69, 9.17) is 16.3 Å². The van der Waals surface area contributed by atoms with Crippen molar-refractivity contribution in [1.29, 1.82) is 0 Å². The van der Waals surface area contributed by atoms with E-state index in [1.165, 1.54) is 0 Å². The molecule has 1 aromatic rings. The third kappa shape index (κ3) is 2.63. The summed E-state index contributed by atoms with van der Waals surface area (Å²) < 4.78 is 5.51. The van der Waals surface area contributed by atoms with Crippen LogP contribution in [0.1, 0.15) is 32.4 Å². The van der Waals surface area contributed by atoms with Gasteiger partial charge in [0.1, 0.15) is 0 Å². The second-order valence-electron chi connectivity index (χ2n) is 5.40. The van der Waals surface area contributed by atoms with Crippen molar-refractivity contribution in [3.63, 3.8) is 0 Å². The maximum atomic E-state index is 9.56. The minimum absolute atomic E-state index is 0.0613. The third-order valence-corrected chi connectivity index (χ3v) is 3.69. The highest BCUT2D eigenvalue weighted by Gasteiger charge is 2.31. The van der Waals surface area contributed by atoms with Gasteiger partial charge in [0.2, 0.25) is 0 Å². The van der Waals surface area contributed by atoms with Crippen LogP contribution in [0, 0.1) is 0 Å². The predicted molar refractivity (Wildman–Crippen MR) is 74.3 cm³/mol. The molecule has 0 amide bonds. The number of aliphatic hydroxyl groups excluding tert-OH is 1. The zero-order valence-corrected chi connectivity index (χ0v) is 11.9. The standard InChI is InChI=1S/C14H20ClNO2/c1-10(17)11-4-5-13(12(15)8-11)16-6-7-18-9-14(16,2)3/h4-5,8,10,17H,6-7,9H2,1-3H3. The van der Waals surface area contributed by atoms with Gasteiger partial charge in [-0.3, -0.25) is 0 Å².